The van der Waals surface area contributed by atoms with Crippen LogP contribution in [0.3, 0.4) is 0 Å². The fraction of sp³-hybridized carbons (Fsp3) is 0.407. The van der Waals surface area contributed by atoms with Gasteiger partial charge in [0.05, 0.1) is 11.4 Å². The molecular weight excluding hydrogens is 430 g/mol. The van der Waals surface area contributed by atoms with Crippen molar-refractivity contribution < 1.29 is 9.32 Å². The lowest BCUT2D eigenvalue weighted by atomic mass is 9.81. The van der Waals surface area contributed by atoms with Gasteiger partial charge in [-0.15, -0.1) is 11.8 Å². The van der Waals surface area contributed by atoms with Gasteiger partial charge in [-0.05, 0) is 67.4 Å². The third-order valence-corrected chi connectivity index (χ3v) is 7.92. The summed E-state index contributed by atoms with van der Waals surface area (Å²) in [4.78, 5) is 16.4. The van der Waals surface area contributed by atoms with Crippen molar-refractivity contribution in [3.63, 3.8) is 0 Å². The number of piperidine rings is 1. The molecule has 2 atom stereocenters. The highest BCUT2D eigenvalue weighted by Gasteiger charge is 2.30. The van der Waals surface area contributed by atoms with E-state index in [2.05, 4.69) is 57.8 Å². The van der Waals surface area contributed by atoms with Crippen LogP contribution in [0.4, 0.5) is 0 Å². The quantitative estimate of drug-likeness (QED) is 0.517. The molecule has 172 valence electrons. The molecule has 2 aliphatic heterocycles. The van der Waals surface area contributed by atoms with Crippen LogP contribution in [0.25, 0.3) is 0 Å². The second-order valence-electron chi connectivity index (χ2n) is 9.14. The molecule has 0 saturated carbocycles. The third kappa shape index (κ3) is 5.68. The van der Waals surface area contributed by atoms with Gasteiger partial charge in [0.15, 0.2) is 0 Å². The highest BCUT2D eigenvalue weighted by Crippen LogP contribution is 2.29. The van der Waals surface area contributed by atoms with Crippen LogP contribution in [0, 0.1) is 11.8 Å². The van der Waals surface area contributed by atoms with Gasteiger partial charge in [0.25, 0.3) is 0 Å². The Hall–Kier alpha value is -2.57. The lowest BCUT2D eigenvalue weighted by Gasteiger charge is -2.34. The van der Waals surface area contributed by atoms with Gasteiger partial charge in [-0.25, -0.2) is 0 Å². The van der Waals surface area contributed by atoms with Crippen LogP contribution in [-0.2, 0) is 29.9 Å². The highest BCUT2D eigenvalue weighted by molar-refractivity contribution is 7.98. The number of rotatable bonds is 7. The molecule has 1 aromatic heterocycles. The predicted molar refractivity (Wildman–Crippen MR) is 131 cm³/mol. The average Bonchev–Trinajstić information content (AvgIpc) is 3.31. The zero-order valence-electron chi connectivity index (χ0n) is 18.9. The van der Waals surface area contributed by atoms with Crippen LogP contribution in [-0.4, -0.2) is 35.6 Å². The Balaban J connectivity index is 1.16. The summed E-state index contributed by atoms with van der Waals surface area (Å²) in [6, 6.07) is 20.9. The summed E-state index contributed by atoms with van der Waals surface area (Å²) in [7, 11) is 0. The number of hydrogen-bond acceptors (Lipinski definition) is 5. The summed E-state index contributed by atoms with van der Waals surface area (Å²) in [6.45, 7) is 3.49. The van der Waals surface area contributed by atoms with Gasteiger partial charge in [0.2, 0.25) is 5.91 Å². The van der Waals surface area contributed by atoms with Crippen molar-refractivity contribution in [2.24, 2.45) is 11.8 Å². The molecule has 1 N–H and O–H groups in total. The number of thioether (sulfide) groups is 1. The Labute approximate surface area is 199 Å². The van der Waals surface area contributed by atoms with E-state index in [9.17, 15) is 4.79 Å². The number of amides is 1. The fourth-order valence-electron chi connectivity index (χ4n) is 5.01. The molecule has 2 unspecified atom stereocenters. The monoisotopic (exact) mass is 461 g/mol. The van der Waals surface area contributed by atoms with Crippen LogP contribution >= 0.6 is 11.8 Å². The van der Waals surface area contributed by atoms with Crippen LogP contribution in [0.2, 0.25) is 0 Å². The summed E-state index contributed by atoms with van der Waals surface area (Å²) in [5, 5.41) is 7.86. The first-order valence-electron chi connectivity index (χ1n) is 11.9. The molecule has 1 fully saturated rings. The Morgan fingerprint density at radius 3 is 2.79 bits per heavy atom. The fourth-order valence-corrected chi connectivity index (χ4v) is 5.80. The van der Waals surface area contributed by atoms with Crippen molar-refractivity contribution in [3.05, 3.63) is 83.2 Å². The number of nitrogens with one attached hydrogen (secondary N) is 1. The van der Waals surface area contributed by atoms with Crippen LogP contribution < -0.4 is 5.32 Å². The zero-order valence-corrected chi connectivity index (χ0v) is 19.7. The number of nitrogens with zero attached hydrogens (tertiary/aromatic N) is 2. The van der Waals surface area contributed by atoms with E-state index in [1.54, 1.807) is 11.8 Å². The van der Waals surface area contributed by atoms with Gasteiger partial charge in [-0.3, -0.25) is 4.79 Å². The van der Waals surface area contributed by atoms with E-state index in [-0.39, 0.29) is 0 Å². The van der Waals surface area contributed by atoms with Gasteiger partial charge in [-0.2, -0.15) is 0 Å². The van der Waals surface area contributed by atoms with Crippen LogP contribution in [0.5, 0.6) is 0 Å². The summed E-state index contributed by atoms with van der Waals surface area (Å²) in [5.74, 6) is 2.76. The summed E-state index contributed by atoms with van der Waals surface area (Å²) in [6.07, 6.45) is 3.48. The van der Waals surface area contributed by atoms with Crippen molar-refractivity contribution in [1.29, 1.82) is 0 Å². The van der Waals surface area contributed by atoms with E-state index in [1.165, 1.54) is 16.0 Å². The number of aromatic nitrogens is 1. The lowest BCUT2D eigenvalue weighted by molar-refractivity contribution is -0.133. The van der Waals surface area contributed by atoms with Gasteiger partial charge in [0, 0.05) is 30.5 Å². The van der Waals surface area contributed by atoms with Gasteiger partial charge in [-0.1, -0.05) is 47.6 Å². The maximum absolute atomic E-state index is 13.2. The SMILES string of the molecule is O=C(CC1CCNCC1Cc1cc(CSc2ccccc2)on1)N1CCc2ccccc2C1. The van der Waals surface area contributed by atoms with Crippen LogP contribution in [0.15, 0.2) is 70.1 Å². The first-order valence-corrected chi connectivity index (χ1v) is 12.9. The molecule has 5 rings (SSSR count). The van der Waals surface area contributed by atoms with Gasteiger partial charge in [0.1, 0.15) is 5.76 Å². The normalized spacial score (nSPS) is 20.4. The minimum Gasteiger partial charge on any atom is -0.360 e. The smallest absolute Gasteiger partial charge is 0.223 e. The van der Waals surface area contributed by atoms with Gasteiger partial charge < -0.3 is 14.7 Å². The molecule has 6 heteroatoms. The third-order valence-electron chi connectivity index (χ3n) is 6.89. The Bertz CT molecular complexity index is 1070. The van der Waals surface area contributed by atoms with Crippen molar-refractivity contribution in [1.82, 2.24) is 15.4 Å². The molecular formula is C27H31N3O2S. The van der Waals surface area contributed by atoms with Crippen molar-refractivity contribution >= 4 is 17.7 Å². The number of fused-ring (bicyclic) bond motifs is 1. The van der Waals surface area contributed by atoms with E-state index < -0.39 is 0 Å². The summed E-state index contributed by atoms with van der Waals surface area (Å²) >= 11 is 1.76. The Morgan fingerprint density at radius 1 is 1.09 bits per heavy atom. The molecule has 1 saturated heterocycles. The van der Waals surface area contributed by atoms with Crippen LogP contribution in [0.1, 0.15) is 35.4 Å². The molecule has 2 aromatic carbocycles. The van der Waals surface area contributed by atoms with Crippen molar-refractivity contribution in [2.45, 2.75) is 42.9 Å². The second kappa shape index (κ2) is 10.6. The molecule has 33 heavy (non-hydrogen) atoms. The molecule has 2 aliphatic rings. The number of hydrogen-bond donors (Lipinski definition) is 1. The second-order valence-corrected chi connectivity index (χ2v) is 10.2. The molecule has 3 aromatic rings. The molecule has 0 aliphatic carbocycles. The van der Waals surface area contributed by atoms with Crippen molar-refractivity contribution in [3.8, 4) is 0 Å². The Morgan fingerprint density at radius 2 is 1.91 bits per heavy atom. The largest absolute Gasteiger partial charge is 0.360 e. The van der Waals surface area contributed by atoms with Crippen molar-refractivity contribution in [2.75, 3.05) is 19.6 Å². The maximum atomic E-state index is 13.2. The average molecular weight is 462 g/mol. The minimum absolute atomic E-state index is 0.293. The first kappa shape index (κ1) is 22.2. The molecule has 1 amide bonds. The number of carbonyl (C=O) groups is 1. The Kier molecular flexibility index (Phi) is 7.12. The number of carbonyl (C=O) groups excluding carboxylic acids is 1. The van der Waals surface area contributed by atoms with E-state index in [0.717, 1.165) is 62.6 Å². The van der Waals surface area contributed by atoms with E-state index in [0.29, 0.717) is 24.2 Å². The van der Waals surface area contributed by atoms with E-state index in [1.807, 2.05) is 18.2 Å². The molecule has 3 heterocycles. The number of benzene rings is 2. The summed E-state index contributed by atoms with van der Waals surface area (Å²) in [5.41, 5.74) is 3.67. The molecule has 0 spiro atoms. The first-order chi connectivity index (χ1) is 16.2. The molecule has 5 nitrogen and oxygen atoms in total. The molecule has 0 bridgehead atoms. The predicted octanol–water partition coefficient (Wildman–Crippen LogP) is 4.71. The van der Waals surface area contributed by atoms with E-state index >= 15 is 0 Å². The molecule has 0 radical (unpaired) electrons. The maximum Gasteiger partial charge on any atom is 0.223 e. The van der Waals surface area contributed by atoms with Gasteiger partial charge >= 0.3 is 0 Å². The van der Waals surface area contributed by atoms with E-state index in [4.69, 9.17) is 4.52 Å². The minimum atomic E-state index is 0.293. The lowest BCUT2D eigenvalue weighted by Crippen LogP contribution is -2.42. The standard InChI is InChI=1S/C27H31N3O2S/c31-27(30-13-11-20-6-4-5-7-22(20)18-30)15-21-10-12-28-17-23(21)14-24-16-25(32-29-24)19-33-26-8-2-1-3-9-26/h1-9,16,21,23,28H,10-15,17-19H2. The summed E-state index contributed by atoms with van der Waals surface area (Å²) < 4.78 is 5.61. The topological polar surface area (TPSA) is 58.4 Å². The zero-order chi connectivity index (χ0) is 22.5. The highest BCUT2D eigenvalue weighted by atomic mass is 32.2.